The Kier molecular flexibility index (Phi) is 3.83. The van der Waals surface area contributed by atoms with E-state index in [4.69, 9.17) is 4.98 Å². The van der Waals surface area contributed by atoms with Crippen LogP contribution in [-0.2, 0) is 5.41 Å². The van der Waals surface area contributed by atoms with E-state index in [9.17, 15) is 9.90 Å². The summed E-state index contributed by atoms with van der Waals surface area (Å²) in [7, 11) is 0. The van der Waals surface area contributed by atoms with Gasteiger partial charge in [0.1, 0.15) is 5.82 Å². The summed E-state index contributed by atoms with van der Waals surface area (Å²) in [5.74, 6) is 0.539. The van der Waals surface area contributed by atoms with Gasteiger partial charge in [-0.2, -0.15) is 0 Å². The molecule has 1 atom stereocenters. The van der Waals surface area contributed by atoms with Gasteiger partial charge in [-0.05, 0) is 31.0 Å². The van der Waals surface area contributed by atoms with E-state index in [-0.39, 0.29) is 11.5 Å². The fourth-order valence-electron chi connectivity index (χ4n) is 2.47. The molecule has 1 aromatic heterocycles. The van der Waals surface area contributed by atoms with E-state index >= 15 is 0 Å². The predicted octanol–water partition coefficient (Wildman–Crippen LogP) is 4.25. The zero-order valence-electron chi connectivity index (χ0n) is 13.6. The van der Waals surface area contributed by atoms with Gasteiger partial charge in [-0.25, -0.2) is 9.78 Å². The van der Waals surface area contributed by atoms with Gasteiger partial charge in [-0.3, -0.25) is 0 Å². The van der Waals surface area contributed by atoms with Crippen LogP contribution in [0.15, 0.2) is 18.2 Å². The number of benzene rings is 1. The van der Waals surface area contributed by atoms with Crippen molar-refractivity contribution in [1.29, 1.82) is 0 Å². The molecule has 0 spiro atoms. The number of imidazole rings is 1. The van der Waals surface area contributed by atoms with Crippen LogP contribution in [-0.4, -0.2) is 20.6 Å². The second-order valence-corrected chi connectivity index (χ2v) is 7.05. The quantitative estimate of drug-likeness (QED) is 0.918. The van der Waals surface area contributed by atoms with Crippen LogP contribution in [0.5, 0.6) is 0 Å². The van der Waals surface area contributed by atoms with Gasteiger partial charge in [0.15, 0.2) is 0 Å². The maximum absolute atomic E-state index is 11.2. The molecule has 4 nitrogen and oxygen atoms in total. The summed E-state index contributed by atoms with van der Waals surface area (Å²) in [5.41, 5.74) is 1.98. The van der Waals surface area contributed by atoms with Gasteiger partial charge in [0, 0.05) is 11.5 Å². The average Bonchev–Trinajstić information content (AvgIpc) is 2.75. The molecule has 4 heteroatoms. The zero-order chi connectivity index (χ0) is 15.9. The maximum atomic E-state index is 11.2. The van der Waals surface area contributed by atoms with E-state index in [0.29, 0.717) is 11.5 Å². The number of aromatic carboxylic acids is 1. The summed E-state index contributed by atoms with van der Waals surface area (Å²) in [6.07, 6.45) is 0. The Morgan fingerprint density at radius 3 is 2.33 bits per heavy atom. The molecule has 0 saturated heterocycles. The molecule has 0 fully saturated rings. The molecule has 114 valence electrons. The van der Waals surface area contributed by atoms with Crippen LogP contribution in [0.2, 0.25) is 0 Å². The van der Waals surface area contributed by atoms with Crippen molar-refractivity contribution >= 4 is 17.0 Å². The van der Waals surface area contributed by atoms with E-state index in [1.165, 1.54) is 0 Å². The highest BCUT2D eigenvalue weighted by molar-refractivity contribution is 5.92. The van der Waals surface area contributed by atoms with Crippen LogP contribution in [0.25, 0.3) is 11.0 Å². The number of carboxylic acids is 1. The monoisotopic (exact) mass is 288 g/mol. The topological polar surface area (TPSA) is 55.1 Å². The summed E-state index contributed by atoms with van der Waals surface area (Å²) in [6, 6.07) is 5.42. The Morgan fingerprint density at radius 2 is 1.86 bits per heavy atom. The number of rotatable bonds is 3. The third-order valence-electron chi connectivity index (χ3n) is 3.98. The van der Waals surface area contributed by atoms with Crippen molar-refractivity contribution in [2.75, 3.05) is 0 Å². The van der Waals surface area contributed by atoms with Crippen LogP contribution in [0.1, 0.15) is 63.8 Å². The van der Waals surface area contributed by atoms with Crippen molar-refractivity contribution in [3.05, 3.63) is 29.6 Å². The Hall–Kier alpha value is -1.84. The van der Waals surface area contributed by atoms with Gasteiger partial charge in [0.05, 0.1) is 16.6 Å². The summed E-state index contributed by atoms with van der Waals surface area (Å²) < 4.78 is 2.20. The normalized spacial score (nSPS) is 13.9. The van der Waals surface area contributed by atoms with E-state index in [0.717, 1.165) is 16.9 Å². The fourth-order valence-corrected chi connectivity index (χ4v) is 2.47. The molecule has 1 heterocycles. The van der Waals surface area contributed by atoms with Crippen molar-refractivity contribution in [1.82, 2.24) is 9.55 Å². The molecule has 21 heavy (non-hydrogen) atoms. The fraction of sp³-hybridized carbons (Fsp3) is 0.529. The largest absolute Gasteiger partial charge is 0.478 e. The molecule has 0 radical (unpaired) electrons. The van der Waals surface area contributed by atoms with Gasteiger partial charge < -0.3 is 9.67 Å². The molecule has 0 aliphatic heterocycles. The average molecular weight is 288 g/mol. The minimum absolute atomic E-state index is 0.0917. The maximum Gasteiger partial charge on any atom is 0.335 e. The number of carbonyl (C=O) groups is 1. The number of hydrogen-bond acceptors (Lipinski definition) is 2. The third-order valence-corrected chi connectivity index (χ3v) is 3.98. The molecular formula is C17H24N2O2. The molecule has 1 N–H and O–H groups in total. The molecule has 0 aliphatic carbocycles. The Balaban J connectivity index is 2.79. The van der Waals surface area contributed by atoms with Gasteiger partial charge in [0.25, 0.3) is 0 Å². The van der Waals surface area contributed by atoms with Crippen molar-refractivity contribution < 1.29 is 9.90 Å². The van der Waals surface area contributed by atoms with Gasteiger partial charge in [0.2, 0.25) is 0 Å². The summed E-state index contributed by atoms with van der Waals surface area (Å²) in [4.78, 5) is 16.0. The molecule has 1 aromatic carbocycles. The highest BCUT2D eigenvalue weighted by Crippen LogP contribution is 2.32. The lowest BCUT2D eigenvalue weighted by Gasteiger charge is -2.26. The van der Waals surface area contributed by atoms with Crippen LogP contribution >= 0.6 is 0 Å². The SMILES string of the molecule is CC(C)C(C)n1c(C(C)(C)C)nc2ccc(C(=O)O)cc21. The lowest BCUT2D eigenvalue weighted by atomic mass is 9.94. The zero-order valence-corrected chi connectivity index (χ0v) is 13.6. The minimum atomic E-state index is -0.904. The third kappa shape index (κ3) is 2.80. The first kappa shape index (κ1) is 15.5. The van der Waals surface area contributed by atoms with Gasteiger partial charge in [-0.1, -0.05) is 34.6 Å². The first-order chi connectivity index (χ1) is 9.62. The minimum Gasteiger partial charge on any atom is -0.478 e. The lowest BCUT2D eigenvalue weighted by Crippen LogP contribution is -2.23. The standard InChI is InChI=1S/C17H24N2O2/c1-10(2)11(3)19-14-9-12(15(20)21)7-8-13(14)18-16(19)17(4,5)6/h7-11H,1-6H3,(H,20,21). The number of aromatic nitrogens is 2. The molecule has 2 rings (SSSR count). The molecule has 2 aromatic rings. The van der Waals surface area contributed by atoms with E-state index in [2.05, 4.69) is 46.1 Å². The summed E-state index contributed by atoms with van der Waals surface area (Å²) >= 11 is 0. The molecule has 0 bridgehead atoms. The smallest absolute Gasteiger partial charge is 0.335 e. The second-order valence-electron chi connectivity index (χ2n) is 7.05. The first-order valence-electron chi connectivity index (χ1n) is 7.38. The Bertz CT molecular complexity index is 678. The molecule has 1 unspecified atom stereocenters. The van der Waals surface area contributed by atoms with E-state index in [1.54, 1.807) is 18.2 Å². The van der Waals surface area contributed by atoms with Crippen LogP contribution in [0.4, 0.5) is 0 Å². The Morgan fingerprint density at radius 1 is 1.24 bits per heavy atom. The molecular weight excluding hydrogens is 264 g/mol. The molecule has 0 aliphatic rings. The summed E-state index contributed by atoms with van der Waals surface area (Å²) in [6.45, 7) is 12.9. The van der Waals surface area contributed by atoms with Gasteiger partial charge >= 0.3 is 5.97 Å². The highest BCUT2D eigenvalue weighted by Gasteiger charge is 2.26. The van der Waals surface area contributed by atoms with Crippen LogP contribution < -0.4 is 0 Å². The lowest BCUT2D eigenvalue weighted by molar-refractivity contribution is 0.0697. The van der Waals surface area contributed by atoms with Crippen molar-refractivity contribution in [3.8, 4) is 0 Å². The first-order valence-corrected chi connectivity index (χ1v) is 7.38. The van der Waals surface area contributed by atoms with Crippen molar-refractivity contribution in [3.63, 3.8) is 0 Å². The number of carboxylic acid groups (broad SMARTS) is 1. The van der Waals surface area contributed by atoms with Crippen LogP contribution in [0.3, 0.4) is 0 Å². The van der Waals surface area contributed by atoms with E-state index < -0.39 is 5.97 Å². The molecule has 0 saturated carbocycles. The van der Waals surface area contributed by atoms with Crippen LogP contribution in [0, 0.1) is 5.92 Å². The Labute approximate surface area is 125 Å². The highest BCUT2D eigenvalue weighted by atomic mass is 16.4. The molecule has 0 amide bonds. The number of hydrogen-bond donors (Lipinski definition) is 1. The van der Waals surface area contributed by atoms with E-state index in [1.807, 2.05) is 0 Å². The number of nitrogens with zero attached hydrogens (tertiary/aromatic N) is 2. The number of fused-ring (bicyclic) bond motifs is 1. The van der Waals surface area contributed by atoms with Crippen molar-refractivity contribution in [2.45, 2.75) is 53.0 Å². The van der Waals surface area contributed by atoms with Crippen molar-refractivity contribution in [2.24, 2.45) is 5.92 Å². The summed E-state index contributed by atoms with van der Waals surface area (Å²) in [5, 5.41) is 9.22. The van der Waals surface area contributed by atoms with Gasteiger partial charge in [-0.15, -0.1) is 0 Å². The predicted molar refractivity (Wildman–Crippen MR) is 84.9 cm³/mol. The second kappa shape index (κ2) is 5.17.